The normalized spacial score (nSPS) is 28.2. The van der Waals surface area contributed by atoms with E-state index in [1.165, 1.54) is 0 Å². The molecule has 0 saturated carbocycles. The minimum Gasteiger partial charge on any atom is -0.776 e. The van der Waals surface area contributed by atoms with E-state index in [0.29, 0.717) is 0 Å². The van der Waals surface area contributed by atoms with Crippen molar-refractivity contribution < 1.29 is 97.0 Å². The van der Waals surface area contributed by atoms with Gasteiger partial charge in [-0.1, -0.05) is 0 Å². The Morgan fingerprint density at radius 2 is 1.46 bits per heavy atom. The Kier molecular flexibility index (Phi) is 6.26. The third-order valence-electron chi connectivity index (χ3n) is 0.788. The summed E-state index contributed by atoms with van der Waals surface area (Å²) in [4.78, 5) is 37.3. The first kappa shape index (κ1) is 13.3. The number of hydrogen-bond acceptors (Lipinski definition) is 5. The molecule has 3 N–H and O–H groups in total. The average Bonchev–Trinajstić information content (AvgIpc) is 1.77. The van der Waals surface area contributed by atoms with E-state index in [-0.39, 0.29) is 59.1 Å². The topological polar surface area (TPSA) is 141 Å². The van der Waals surface area contributed by atoms with Crippen molar-refractivity contribution >= 4 is 15.2 Å². The van der Waals surface area contributed by atoms with Gasteiger partial charge in [-0.2, -0.15) is 0 Å². The van der Waals surface area contributed by atoms with Crippen molar-refractivity contribution in [3.8, 4) is 0 Å². The molecule has 0 spiro atoms. The number of aliphatic hydroxyl groups is 1. The van der Waals surface area contributed by atoms with Gasteiger partial charge in [0.15, 0.2) is 20.3 Å². The summed E-state index contributed by atoms with van der Waals surface area (Å²) in [7, 11) is -12.4. The molecule has 0 aliphatic rings. The molecule has 0 rings (SSSR count). The van der Waals surface area contributed by atoms with Crippen LogP contribution in [0.25, 0.3) is 0 Å². The zero-order valence-electron chi connectivity index (χ0n) is 9.87. The molecule has 0 aromatic heterocycles. The van der Waals surface area contributed by atoms with Crippen molar-refractivity contribution in [2.45, 2.75) is 11.9 Å². The summed E-state index contributed by atoms with van der Waals surface area (Å²) in [5.74, 6) is 0. The van der Waals surface area contributed by atoms with Crippen LogP contribution in [0.5, 0.6) is 0 Å². The second-order valence-electron chi connectivity index (χ2n) is 1.68. The van der Waals surface area contributed by atoms with Crippen LogP contribution in [0.15, 0.2) is 0 Å². The van der Waals surface area contributed by atoms with Crippen LogP contribution in [0.2, 0.25) is 0 Å². The molecule has 7 nitrogen and oxygen atoms in total. The molecule has 0 saturated heterocycles. The van der Waals surface area contributed by atoms with E-state index in [4.69, 9.17) is 19.0 Å². The maximum absolute atomic E-state index is 10.4. The third kappa shape index (κ3) is 5.22. The molecule has 2 unspecified atom stereocenters. The largest absolute Gasteiger partial charge is 1.00 e. The maximum Gasteiger partial charge on any atom is 1.00 e. The van der Waals surface area contributed by atoms with E-state index >= 15 is 0 Å². The third-order valence-corrected chi connectivity index (χ3v) is 3.88. The molecule has 11 heteroatoms. The van der Waals surface area contributed by atoms with Crippen LogP contribution in [-0.2, 0) is 9.13 Å². The summed E-state index contributed by atoms with van der Waals surface area (Å²) in [6, 6.07) is 0. The average molecular weight is 253 g/mol. The van der Waals surface area contributed by atoms with E-state index in [1.807, 2.05) is 0 Å². The van der Waals surface area contributed by atoms with Gasteiger partial charge in [-0.15, -0.1) is 0 Å². The van der Waals surface area contributed by atoms with Gasteiger partial charge < -0.3 is 33.8 Å². The SMILES string of the molecule is [2H]C([2H])([2H])C(O)(P(=O)([O-])O)P(=O)([O-])O.[Na+].[Na+]. The van der Waals surface area contributed by atoms with Gasteiger partial charge in [0, 0.05) is 4.11 Å². The van der Waals surface area contributed by atoms with Crippen molar-refractivity contribution in [3.63, 3.8) is 0 Å². The van der Waals surface area contributed by atoms with Crippen LogP contribution in [-0.4, -0.2) is 20.0 Å². The molecule has 0 aliphatic heterocycles. The molecule has 0 aromatic carbocycles. The maximum atomic E-state index is 10.4. The molecule has 68 valence electrons. The van der Waals surface area contributed by atoms with Crippen molar-refractivity contribution in [1.29, 1.82) is 0 Å². The van der Waals surface area contributed by atoms with Gasteiger partial charge in [0.25, 0.3) is 0 Å². The summed E-state index contributed by atoms with van der Waals surface area (Å²) < 4.78 is 40.0. The predicted molar refractivity (Wildman–Crippen MR) is 30.3 cm³/mol. The Labute approximate surface area is 123 Å². The van der Waals surface area contributed by atoms with Crippen molar-refractivity contribution in [2.75, 3.05) is 0 Å². The van der Waals surface area contributed by atoms with Crippen LogP contribution in [0, 0.1) is 0 Å². The van der Waals surface area contributed by atoms with Crippen LogP contribution in [0.4, 0.5) is 0 Å². The Hall–Kier alpha value is 2.26. The molecular weight excluding hydrogens is 244 g/mol. The first-order valence-electron chi connectivity index (χ1n) is 3.55. The second kappa shape index (κ2) is 6.11. The van der Waals surface area contributed by atoms with Crippen LogP contribution in [0.1, 0.15) is 11.0 Å². The number of rotatable bonds is 2. The Balaban J connectivity index is -0.000000845. The first-order chi connectivity index (χ1) is 5.75. The first-order valence-corrected chi connectivity index (χ1v) is 5.21. The van der Waals surface area contributed by atoms with Crippen molar-refractivity contribution in [3.05, 3.63) is 0 Å². The molecule has 0 radical (unpaired) electrons. The fourth-order valence-corrected chi connectivity index (χ4v) is 1.44. The molecule has 0 aromatic rings. The fourth-order valence-electron chi connectivity index (χ4n) is 0.160. The Morgan fingerprint density at radius 1 is 1.23 bits per heavy atom. The van der Waals surface area contributed by atoms with Gasteiger partial charge in [0.05, 0.1) is 0 Å². The fraction of sp³-hybridized carbons (Fsp3) is 1.00. The monoisotopic (exact) mass is 253 g/mol. The zero-order chi connectivity index (χ0) is 12.0. The second-order valence-corrected chi connectivity index (χ2v) is 5.41. The van der Waals surface area contributed by atoms with Gasteiger partial charge >= 0.3 is 59.1 Å². The van der Waals surface area contributed by atoms with E-state index in [9.17, 15) is 18.9 Å². The summed E-state index contributed by atoms with van der Waals surface area (Å²) in [6.07, 6.45) is 0. The van der Waals surface area contributed by atoms with Crippen molar-refractivity contribution in [2.24, 2.45) is 0 Å². The van der Waals surface area contributed by atoms with E-state index in [0.717, 1.165) is 0 Å². The van der Waals surface area contributed by atoms with E-state index in [2.05, 4.69) is 0 Å². The number of hydrogen-bond donors (Lipinski definition) is 3. The molecule has 0 aliphatic carbocycles. The Bertz CT molecular complexity index is 296. The van der Waals surface area contributed by atoms with Gasteiger partial charge in [0.1, 0.15) is 0 Å². The Morgan fingerprint density at radius 3 is 1.46 bits per heavy atom. The van der Waals surface area contributed by atoms with Crippen LogP contribution in [0.3, 0.4) is 0 Å². The van der Waals surface area contributed by atoms with Gasteiger partial charge in [-0.25, -0.2) is 0 Å². The quantitative estimate of drug-likeness (QED) is 0.327. The van der Waals surface area contributed by atoms with E-state index < -0.39 is 27.1 Å². The summed E-state index contributed by atoms with van der Waals surface area (Å²) in [5, 5.41) is 4.23. The molecule has 13 heavy (non-hydrogen) atoms. The standard InChI is InChI=1S/C2H8O7P2.2Na/c1-2(3,10(4,5)6)11(7,8)9;;/h3H,1H3,(H2,4,5,6)(H2,7,8,9);;/q;2*+1/p-2/i1D3;;. The van der Waals surface area contributed by atoms with Crippen molar-refractivity contribution in [1.82, 2.24) is 0 Å². The van der Waals surface area contributed by atoms with Gasteiger partial charge in [-0.05, 0) is 6.85 Å². The molecular formula is C2H6Na2O7P2. The summed E-state index contributed by atoms with van der Waals surface area (Å²) >= 11 is 0. The summed E-state index contributed by atoms with van der Waals surface area (Å²) in [6.45, 7) is -4.02. The zero-order valence-corrected chi connectivity index (χ0v) is 12.7. The molecule has 0 fully saturated rings. The molecule has 0 amide bonds. The predicted octanol–water partition coefficient (Wildman–Crippen LogP) is -8.25. The van der Waals surface area contributed by atoms with E-state index in [1.54, 1.807) is 0 Å². The molecule has 0 bridgehead atoms. The van der Waals surface area contributed by atoms with Crippen LogP contribution >= 0.6 is 15.2 Å². The summed E-state index contributed by atoms with van der Waals surface area (Å²) in [5.41, 5.74) is 0. The van der Waals surface area contributed by atoms with Gasteiger partial charge in [0.2, 0.25) is 0 Å². The minimum absolute atomic E-state index is 0. The van der Waals surface area contributed by atoms with Crippen LogP contribution < -0.4 is 68.9 Å². The molecule has 0 heterocycles. The smallest absolute Gasteiger partial charge is 0.776 e. The minimum atomic E-state index is -6.21. The van der Waals surface area contributed by atoms with Gasteiger partial charge in [-0.3, -0.25) is 0 Å². The molecule has 2 atom stereocenters.